The van der Waals surface area contributed by atoms with Gasteiger partial charge in [-0.15, -0.1) is 0 Å². The number of carbonyl (C=O) groups is 2. The van der Waals surface area contributed by atoms with Crippen LogP contribution < -0.4 is 25.0 Å². The summed E-state index contributed by atoms with van der Waals surface area (Å²) in [7, 11) is 0. The number of hydrogen-bond donors (Lipinski definition) is 2. The Morgan fingerprint density at radius 3 is 2.44 bits per heavy atom. The molecule has 0 radical (unpaired) electrons. The van der Waals surface area contributed by atoms with Crippen LogP contribution in [0, 0.1) is 24.4 Å². The second-order valence-electron chi connectivity index (χ2n) is 8.91. The van der Waals surface area contributed by atoms with E-state index in [1.807, 2.05) is 38.1 Å². The second kappa shape index (κ2) is 13.1. The van der Waals surface area contributed by atoms with Gasteiger partial charge in [-0.1, -0.05) is 26.0 Å². The predicted molar refractivity (Wildman–Crippen MR) is 162 cm³/mol. The van der Waals surface area contributed by atoms with Crippen LogP contribution in [0.3, 0.4) is 0 Å². The van der Waals surface area contributed by atoms with Crippen molar-refractivity contribution in [3.05, 3.63) is 84.0 Å². The molecule has 0 aromatic heterocycles. The maximum Gasteiger partial charge on any atom is 0.262 e. The van der Waals surface area contributed by atoms with Gasteiger partial charge in [0.25, 0.3) is 11.8 Å². The van der Waals surface area contributed by atoms with Crippen molar-refractivity contribution in [1.82, 2.24) is 10.7 Å². The lowest BCUT2D eigenvalue weighted by Gasteiger charge is -2.20. The molecule has 3 aromatic carbocycles. The molecule has 2 N–H and O–H groups in total. The van der Waals surface area contributed by atoms with Gasteiger partial charge in [0.2, 0.25) is 6.79 Å². The Kier molecular flexibility index (Phi) is 9.63. The molecule has 9 nitrogen and oxygen atoms in total. The molecule has 0 aliphatic carbocycles. The Labute approximate surface area is 253 Å². The van der Waals surface area contributed by atoms with E-state index in [-0.39, 0.29) is 12.7 Å². The Morgan fingerprint density at radius 2 is 1.77 bits per heavy atom. The quantitative estimate of drug-likeness (QED) is 0.181. The lowest BCUT2D eigenvalue weighted by molar-refractivity contribution is -0.123. The molecule has 1 atom stereocenters. The third kappa shape index (κ3) is 7.39. The van der Waals surface area contributed by atoms with Crippen molar-refractivity contribution in [3.63, 3.8) is 0 Å². The van der Waals surface area contributed by atoms with E-state index in [1.54, 1.807) is 36.5 Å². The van der Waals surface area contributed by atoms with Gasteiger partial charge in [0.15, 0.2) is 11.5 Å². The van der Waals surface area contributed by atoms with Crippen LogP contribution in [0.5, 0.6) is 17.2 Å². The minimum atomic E-state index is -0.793. The van der Waals surface area contributed by atoms with E-state index in [0.717, 1.165) is 24.0 Å². The third-order valence-corrected chi connectivity index (χ3v) is 7.35. The Bertz CT molecular complexity index is 1430. The molecule has 1 heterocycles. The van der Waals surface area contributed by atoms with Crippen LogP contribution in [-0.2, 0) is 11.4 Å². The molecular weight excluding hydrogens is 726 g/mol. The highest BCUT2D eigenvalue weighted by atomic mass is 127. The number of nitrogens with zero attached hydrogens (tertiary/aromatic N) is 2. The van der Waals surface area contributed by atoms with Gasteiger partial charge in [-0.25, -0.2) is 5.43 Å². The molecule has 1 aliphatic rings. The summed E-state index contributed by atoms with van der Waals surface area (Å²) < 4.78 is 18.4. The summed E-state index contributed by atoms with van der Waals surface area (Å²) in [6.45, 7) is 4.17. The molecule has 3 aromatic rings. The molecule has 39 heavy (non-hydrogen) atoms. The van der Waals surface area contributed by atoms with Crippen LogP contribution in [0.2, 0.25) is 0 Å². The van der Waals surface area contributed by atoms with Crippen LogP contribution in [0.4, 0.5) is 0 Å². The molecule has 11 heteroatoms. The number of nitriles is 1. The molecule has 1 aliphatic heterocycles. The number of ether oxygens (including phenoxy) is 3. The van der Waals surface area contributed by atoms with Crippen molar-refractivity contribution < 1.29 is 23.8 Å². The molecular formula is C28H24I2N4O5. The van der Waals surface area contributed by atoms with Gasteiger partial charge in [0.05, 0.1) is 25.0 Å². The van der Waals surface area contributed by atoms with Crippen molar-refractivity contribution in [2.24, 2.45) is 11.0 Å². The van der Waals surface area contributed by atoms with Crippen molar-refractivity contribution >= 4 is 63.2 Å². The van der Waals surface area contributed by atoms with Gasteiger partial charge in [-0.05, 0) is 105 Å². The summed E-state index contributed by atoms with van der Waals surface area (Å²) >= 11 is 4.39. The summed E-state index contributed by atoms with van der Waals surface area (Å²) in [6, 6.07) is 17.2. The number of benzene rings is 3. The smallest absolute Gasteiger partial charge is 0.262 e. The molecule has 200 valence electrons. The van der Waals surface area contributed by atoms with Crippen LogP contribution in [-0.4, -0.2) is 30.9 Å². The van der Waals surface area contributed by atoms with Gasteiger partial charge >= 0.3 is 0 Å². The molecule has 2 amide bonds. The predicted octanol–water partition coefficient (Wildman–Crippen LogP) is 4.98. The maximum atomic E-state index is 12.9. The molecule has 0 fully saturated rings. The molecule has 0 spiro atoms. The van der Waals surface area contributed by atoms with Gasteiger partial charge in [-0.2, -0.15) is 10.4 Å². The van der Waals surface area contributed by atoms with E-state index >= 15 is 0 Å². The van der Waals surface area contributed by atoms with Crippen molar-refractivity contribution in [2.45, 2.75) is 26.5 Å². The molecule has 1 unspecified atom stereocenters. The minimum absolute atomic E-state index is 0.113. The molecule has 0 saturated carbocycles. The van der Waals surface area contributed by atoms with E-state index in [4.69, 9.17) is 19.5 Å². The number of hydrazone groups is 1. The largest absolute Gasteiger partial charge is 0.487 e. The molecule has 0 saturated heterocycles. The van der Waals surface area contributed by atoms with E-state index in [1.165, 1.54) is 0 Å². The monoisotopic (exact) mass is 750 g/mol. The van der Waals surface area contributed by atoms with Gasteiger partial charge in [0.1, 0.15) is 18.4 Å². The fourth-order valence-corrected chi connectivity index (χ4v) is 5.79. The topological polar surface area (TPSA) is 122 Å². The number of hydrogen-bond acceptors (Lipinski definition) is 7. The van der Waals surface area contributed by atoms with Crippen molar-refractivity contribution in [1.29, 1.82) is 5.26 Å². The highest BCUT2D eigenvalue weighted by Gasteiger charge is 2.25. The lowest BCUT2D eigenvalue weighted by atomic mass is 10.0. The minimum Gasteiger partial charge on any atom is -0.487 e. The zero-order valence-electron chi connectivity index (χ0n) is 21.0. The number of nitrogens with one attached hydrogen (secondary N) is 2. The van der Waals surface area contributed by atoms with E-state index in [0.29, 0.717) is 29.2 Å². The molecule has 0 bridgehead atoms. The van der Waals surface area contributed by atoms with E-state index in [9.17, 15) is 9.59 Å². The summed E-state index contributed by atoms with van der Waals surface area (Å²) in [4.78, 5) is 25.6. The van der Waals surface area contributed by atoms with Crippen molar-refractivity contribution in [2.75, 3.05) is 6.79 Å². The fourth-order valence-electron chi connectivity index (χ4n) is 3.66. The van der Waals surface area contributed by atoms with Crippen LogP contribution in [0.25, 0.3) is 0 Å². The first-order valence-electron chi connectivity index (χ1n) is 11.9. The molecule has 4 rings (SSSR count). The number of amides is 2. The maximum absolute atomic E-state index is 12.9. The van der Waals surface area contributed by atoms with Gasteiger partial charge < -0.3 is 19.5 Å². The Balaban J connectivity index is 1.36. The van der Waals surface area contributed by atoms with Crippen LogP contribution in [0.15, 0.2) is 59.7 Å². The summed E-state index contributed by atoms with van der Waals surface area (Å²) in [5, 5.41) is 15.8. The summed E-state index contributed by atoms with van der Waals surface area (Å²) in [6.07, 6.45) is 1.55. The average molecular weight is 750 g/mol. The van der Waals surface area contributed by atoms with E-state index < -0.39 is 17.9 Å². The van der Waals surface area contributed by atoms with Gasteiger partial charge in [0, 0.05) is 5.56 Å². The number of fused-ring (bicyclic) bond motifs is 1. The standard InChI is InChI=1S/C28H24I2N4O5/c1-16(2)25(33-27(35)20-7-8-23-24(11-20)39-15-38-23)28(36)34-32-13-19-9-21(29)26(22(30)10-19)37-14-18-5-3-17(12-31)4-6-18/h3-11,13,16,25H,14-15H2,1-2H3,(H,33,35)(H,34,36)/b32-13+. The SMILES string of the molecule is CC(C)C(NC(=O)c1ccc2c(c1)OCO2)C(=O)N/N=C/c1cc(I)c(OCc2ccc(C#N)cc2)c(I)c1. The lowest BCUT2D eigenvalue weighted by Crippen LogP contribution is -2.48. The second-order valence-corrected chi connectivity index (χ2v) is 11.2. The fraction of sp³-hybridized carbons (Fsp3) is 0.214. The van der Waals surface area contributed by atoms with Crippen LogP contribution >= 0.6 is 45.2 Å². The zero-order valence-corrected chi connectivity index (χ0v) is 25.3. The number of halogens is 2. The summed E-state index contributed by atoms with van der Waals surface area (Å²) in [5.74, 6) is 0.816. The highest BCUT2D eigenvalue weighted by Crippen LogP contribution is 2.32. The Hall–Kier alpha value is -3.38. The highest BCUT2D eigenvalue weighted by molar-refractivity contribution is 14.1. The first kappa shape index (κ1) is 28.6. The number of rotatable bonds is 9. The Morgan fingerprint density at radius 1 is 1.08 bits per heavy atom. The van der Waals surface area contributed by atoms with Crippen molar-refractivity contribution in [3.8, 4) is 23.3 Å². The summed E-state index contributed by atoms with van der Waals surface area (Å²) in [5.41, 5.74) is 5.24. The zero-order chi connectivity index (χ0) is 27.9. The average Bonchev–Trinajstić information content (AvgIpc) is 3.39. The third-order valence-electron chi connectivity index (χ3n) is 5.75. The first-order valence-corrected chi connectivity index (χ1v) is 14.0. The number of carbonyl (C=O) groups excluding carboxylic acids is 2. The van der Waals surface area contributed by atoms with E-state index in [2.05, 4.69) is 67.1 Å². The van der Waals surface area contributed by atoms with Gasteiger partial charge in [-0.3, -0.25) is 9.59 Å². The van der Waals surface area contributed by atoms with Crippen LogP contribution in [0.1, 0.15) is 40.9 Å². The first-order chi connectivity index (χ1) is 18.7. The normalized spacial score (nSPS) is 12.7.